The molecule has 1 unspecified atom stereocenters. The molecule has 20 heavy (non-hydrogen) atoms. The lowest BCUT2D eigenvalue weighted by Crippen LogP contribution is -2.29. The first-order valence-electron chi connectivity index (χ1n) is 6.04. The highest BCUT2D eigenvalue weighted by atomic mass is 16.5. The van der Waals surface area contributed by atoms with E-state index in [0.29, 0.717) is 24.2 Å². The second-order valence-corrected chi connectivity index (χ2v) is 4.39. The molecule has 7 heteroatoms. The van der Waals surface area contributed by atoms with Crippen LogP contribution in [0.15, 0.2) is 23.0 Å². The van der Waals surface area contributed by atoms with E-state index in [1.54, 1.807) is 20.3 Å². The number of aromatic amines is 1. The number of carboxylic acids is 1. The number of aromatic carboxylic acids is 1. The highest BCUT2D eigenvalue weighted by Gasteiger charge is 2.14. The van der Waals surface area contributed by atoms with E-state index in [9.17, 15) is 9.59 Å². The van der Waals surface area contributed by atoms with Crippen LogP contribution in [-0.4, -0.2) is 47.6 Å². The van der Waals surface area contributed by atoms with Gasteiger partial charge in [-0.3, -0.25) is 4.57 Å². The number of imidazole rings is 1. The number of ether oxygens (including phenoxy) is 2. The number of nitrogens with one attached hydrogen (secondary N) is 1. The average molecular weight is 280 g/mol. The minimum atomic E-state index is -1.03. The van der Waals surface area contributed by atoms with Gasteiger partial charge in [0.2, 0.25) is 0 Å². The van der Waals surface area contributed by atoms with E-state index in [4.69, 9.17) is 14.6 Å². The predicted molar refractivity (Wildman–Crippen MR) is 72.2 cm³/mol. The molecule has 0 aliphatic heterocycles. The van der Waals surface area contributed by atoms with Crippen molar-refractivity contribution in [3.05, 3.63) is 34.2 Å². The third-order valence-corrected chi connectivity index (χ3v) is 3.09. The quantitative estimate of drug-likeness (QED) is 0.812. The number of methoxy groups -OCH3 is 2. The summed E-state index contributed by atoms with van der Waals surface area (Å²) in [5, 5.41) is 8.94. The summed E-state index contributed by atoms with van der Waals surface area (Å²) >= 11 is 0. The molecule has 0 saturated carbocycles. The van der Waals surface area contributed by atoms with Gasteiger partial charge in [-0.05, 0) is 18.2 Å². The number of fused-ring (bicyclic) bond motifs is 1. The first-order valence-corrected chi connectivity index (χ1v) is 6.04. The molecule has 0 fully saturated rings. The molecule has 0 bridgehead atoms. The zero-order valence-electron chi connectivity index (χ0n) is 11.3. The van der Waals surface area contributed by atoms with E-state index < -0.39 is 5.97 Å². The molecular weight excluding hydrogens is 264 g/mol. The largest absolute Gasteiger partial charge is 0.478 e. The van der Waals surface area contributed by atoms with Crippen LogP contribution in [0.3, 0.4) is 0 Å². The molecule has 0 radical (unpaired) electrons. The van der Waals surface area contributed by atoms with Gasteiger partial charge in [-0.2, -0.15) is 0 Å². The molecule has 0 amide bonds. The molecule has 108 valence electrons. The molecule has 1 atom stereocenters. The molecule has 0 aliphatic carbocycles. The molecule has 2 rings (SSSR count). The standard InChI is InChI=1S/C13H16N2O5/c1-19-7-9(20-2)6-15-11-4-3-8(12(16)17)5-10(11)14-13(15)18/h3-5,9H,6-7H2,1-2H3,(H,14,18)(H,16,17). The summed E-state index contributed by atoms with van der Waals surface area (Å²) in [5.74, 6) is -1.03. The topological polar surface area (TPSA) is 93.6 Å². The van der Waals surface area contributed by atoms with Crippen molar-refractivity contribution in [2.45, 2.75) is 12.6 Å². The van der Waals surface area contributed by atoms with E-state index in [0.717, 1.165) is 0 Å². The Morgan fingerprint density at radius 3 is 2.80 bits per heavy atom. The van der Waals surface area contributed by atoms with Gasteiger partial charge >= 0.3 is 11.7 Å². The number of benzene rings is 1. The van der Waals surface area contributed by atoms with Crippen LogP contribution in [0, 0.1) is 0 Å². The number of H-pyrrole nitrogens is 1. The molecular formula is C13H16N2O5. The maximum absolute atomic E-state index is 11.9. The van der Waals surface area contributed by atoms with E-state index >= 15 is 0 Å². The Bertz CT molecular complexity index is 673. The number of rotatable bonds is 6. The lowest BCUT2D eigenvalue weighted by Gasteiger charge is -2.14. The maximum Gasteiger partial charge on any atom is 0.335 e. The summed E-state index contributed by atoms with van der Waals surface area (Å²) in [6, 6.07) is 4.51. The summed E-state index contributed by atoms with van der Waals surface area (Å²) in [6.45, 7) is 0.693. The van der Waals surface area contributed by atoms with Crippen molar-refractivity contribution in [1.29, 1.82) is 0 Å². The second-order valence-electron chi connectivity index (χ2n) is 4.39. The number of carboxylic acid groups (broad SMARTS) is 1. The highest BCUT2D eigenvalue weighted by Crippen LogP contribution is 2.13. The van der Waals surface area contributed by atoms with Crippen LogP contribution < -0.4 is 5.69 Å². The molecule has 2 aromatic rings. The Morgan fingerprint density at radius 1 is 1.45 bits per heavy atom. The summed E-state index contributed by atoms with van der Waals surface area (Å²) in [7, 11) is 3.11. The van der Waals surface area contributed by atoms with Crippen molar-refractivity contribution in [1.82, 2.24) is 9.55 Å². The van der Waals surface area contributed by atoms with Crippen molar-refractivity contribution in [2.75, 3.05) is 20.8 Å². The van der Waals surface area contributed by atoms with Crippen LogP contribution in [0.4, 0.5) is 0 Å². The van der Waals surface area contributed by atoms with E-state index in [2.05, 4.69) is 4.98 Å². The molecule has 0 saturated heterocycles. The van der Waals surface area contributed by atoms with Gasteiger partial charge in [0.05, 0.1) is 35.9 Å². The van der Waals surface area contributed by atoms with Gasteiger partial charge in [-0.25, -0.2) is 9.59 Å². The van der Waals surface area contributed by atoms with Crippen molar-refractivity contribution < 1.29 is 19.4 Å². The van der Waals surface area contributed by atoms with Crippen LogP contribution in [-0.2, 0) is 16.0 Å². The van der Waals surface area contributed by atoms with E-state index in [-0.39, 0.29) is 17.4 Å². The summed E-state index contributed by atoms with van der Waals surface area (Å²) in [6.07, 6.45) is -0.254. The number of nitrogens with zero attached hydrogens (tertiary/aromatic N) is 1. The highest BCUT2D eigenvalue weighted by molar-refractivity contribution is 5.92. The summed E-state index contributed by atoms with van der Waals surface area (Å²) < 4.78 is 11.8. The van der Waals surface area contributed by atoms with Crippen LogP contribution in [0.2, 0.25) is 0 Å². The van der Waals surface area contributed by atoms with Gasteiger partial charge in [0.15, 0.2) is 0 Å². The van der Waals surface area contributed by atoms with Crippen LogP contribution >= 0.6 is 0 Å². The zero-order chi connectivity index (χ0) is 14.7. The van der Waals surface area contributed by atoms with Gasteiger partial charge in [0.25, 0.3) is 0 Å². The van der Waals surface area contributed by atoms with Gasteiger partial charge in [0.1, 0.15) is 0 Å². The third kappa shape index (κ3) is 2.73. The summed E-state index contributed by atoms with van der Waals surface area (Å²) in [4.78, 5) is 25.5. The monoisotopic (exact) mass is 280 g/mol. The van der Waals surface area contributed by atoms with Crippen LogP contribution in [0.25, 0.3) is 11.0 Å². The fraction of sp³-hybridized carbons (Fsp3) is 0.385. The van der Waals surface area contributed by atoms with Crippen LogP contribution in [0.5, 0.6) is 0 Å². The molecule has 1 aromatic heterocycles. The lowest BCUT2D eigenvalue weighted by molar-refractivity contribution is 0.0185. The molecule has 2 N–H and O–H groups in total. The van der Waals surface area contributed by atoms with Gasteiger partial charge in [-0.15, -0.1) is 0 Å². The Balaban J connectivity index is 2.41. The number of hydrogen-bond acceptors (Lipinski definition) is 4. The van der Waals surface area contributed by atoms with Gasteiger partial charge in [0, 0.05) is 14.2 Å². The zero-order valence-corrected chi connectivity index (χ0v) is 11.3. The van der Waals surface area contributed by atoms with Crippen LogP contribution in [0.1, 0.15) is 10.4 Å². The first kappa shape index (κ1) is 14.3. The summed E-state index contributed by atoms with van der Waals surface area (Å²) in [5.41, 5.74) is 0.951. The number of hydrogen-bond donors (Lipinski definition) is 2. The van der Waals surface area contributed by atoms with Crippen molar-refractivity contribution in [2.24, 2.45) is 0 Å². The van der Waals surface area contributed by atoms with E-state index in [1.165, 1.54) is 16.7 Å². The molecule has 0 aliphatic rings. The van der Waals surface area contributed by atoms with Crippen molar-refractivity contribution in [3.63, 3.8) is 0 Å². The fourth-order valence-corrected chi connectivity index (χ4v) is 2.06. The number of aromatic nitrogens is 2. The Morgan fingerprint density at radius 2 is 2.20 bits per heavy atom. The molecule has 7 nitrogen and oxygen atoms in total. The van der Waals surface area contributed by atoms with E-state index in [1.807, 2.05) is 0 Å². The van der Waals surface area contributed by atoms with Gasteiger partial charge in [-0.1, -0.05) is 0 Å². The normalized spacial score (nSPS) is 12.7. The minimum absolute atomic E-state index is 0.131. The second kappa shape index (κ2) is 5.89. The van der Waals surface area contributed by atoms with Crippen molar-refractivity contribution >= 4 is 17.0 Å². The minimum Gasteiger partial charge on any atom is -0.478 e. The Hall–Kier alpha value is -2.12. The Labute approximate surface area is 114 Å². The Kier molecular flexibility index (Phi) is 4.21. The molecule has 1 aromatic carbocycles. The number of carbonyl (C=O) groups is 1. The molecule has 0 spiro atoms. The fourth-order valence-electron chi connectivity index (χ4n) is 2.06. The smallest absolute Gasteiger partial charge is 0.335 e. The maximum atomic E-state index is 11.9. The third-order valence-electron chi connectivity index (χ3n) is 3.09. The van der Waals surface area contributed by atoms with Crippen molar-refractivity contribution in [3.8, 4) is 0 Å². The SMILES string of the molecule is COCC(Cn1c(=O)[nH]c2cc(C(=O)O)ccc21)OC. The van der Waals surface area contributed by atoms with Gasteiger partial charge < -0.3 is 19.6 Å². The predicted octanol–water partition coefficient (Wildman–Crippen LogP) is 0.689. The molecule has 1 heterocycles. The lowest BCUT2D eigenvalue weighted by atomic mass is 10.2. The first-order chi connectivity index (χ1) is 9.56. The average Bonchev–Trinajstić information content (AvgIpc) is 2.73.